The molecule has 3 N–H and O–H groups in total. The SMILES string of the molecule is NC1(C(=O)O)CC[S+]([O-])C1. The summed E-state index contributed by atoms with van der Waals surface area (Å²) in [5.74, 6) is -0.524. The fourth-order valence-corrected chi connectivity index (χ4v) is 2.47. The maximum Gasteiger partial charge on any atom is 0.328 e. The maximum absolute atomic E-state index is 10.7. The molecule has 1 aliphatic rings. The fraction of sp³-hybridized carbons (Fsp3) is 0.800. The molecule has 0 aromatic heterocycles. The van der Waals surface area contributed by atoms with E-state index in [-0.39, 0.29) is 5.75 Å². The Labute approximate surface area is 61.6 Å². The molecule has 0 amide bonds. The topological polar surface area (TPSA) is 86.4 Å². The predicted molar refractivity (Wildman–Crippen MR) is 37.0 cm³/mol. The van der Waals surface area contributed by atoms with Gasteiger partial charge in [0, 0.05) is 6.42 Å². The molecule has 58 valence electrons. The molecule has 0 aromatic rings. The van der Waals surface area contributed by atoms with Gasteiger partial charge in [-0.1, -0.05) is 11.2 Å². The van der Waals surface area contributed by atoms with Crippen LogP contribution in [-0.2, 0) is 16.0 Å². The van der Waals surface area contributed by atoms with Crippen LogP contribution in [-0.4, -0.2) is 32.7 Å². The Kier molecular flexibility index (Phi) is 1.89. The zero-order valence-electron chi connectivity index (χ0n) is 5.37. The molecule has 0 spiro atoms. The lowest BCUT2D eigenvalue weighted by Gasteiger charge is -2.13. The van der Waals surface area contributed by atoms with E-state index in [1.54, 1.807) is 0 Å². The Morgan fingerprint density at radius 3 is 2.60 bits per heavy atom. The van der Waals surface area contributed by atoms with Crippen LogP contribution in [0.4, 0.5) is 0 Å². The Morgan fingerprint density at radius 1 is 1.80 bits per heavy atom. The van der Waals surface area contributed by atoms with Gasteiger partial charge in [-0.3, -0.25) is 4.79 Å². The average Bonchev–Trinajstić information content (AvgIpc) is 2.13. The van der Waals surface area contributed by atoms with Crippen LogP contribution in [0.1, 0.15) is 6.42 Å². The summed E-state index contributed by atoms with van der Waals surface area (Å²) in [6.07, 6.45) is 0.328. The number of rotatable bonds is 1. The molecule has 1 heterocycles. The van der Waals surface area contributed by atoms with Crippen molar-refractivity contribution in [3.05, 3.63) is 0 Å². The van der Waals surface area contributed by atoms with E-state index < -0.39 is 22.7 Å². The zero-order valence-corrected chi connectivity index (χ0v) is 6.19. The van der Waals surface area contributed by atoms with Gasteiger partial charge < -0.3 is 15.4 Å². The van der Waals surface area contributed by atoms with Gasteiger partial charge in [-0.2, -0.15) is 0 Å². The summed E-state index contributed by atoms with van der Waals surface area (Å²) in [5, 5.41) is 8.53. The lowest BCUT2D eigenvalue weighted by Crippen LogP contribution is -2.48. The van der Waals surface area contributed by atoms with E-state index in [2.05, 4.69) is 0 Å². The van der Waals surface area contributed by atoms with Gasteiger partial charge in [-0.25, -0.2) is 0 Å². The van der Waals surface area contributed by atoms with Crippen molar-refractivity contribution in [3.8, 4) is 0 Å². The number of hydrogen-bond acceptors (Lipinski definition) is 3. The van der Waals surface area contributed by atoms with Crippen LogP contribution in [0.15, 0.2) is 0 Å². The van der Waals surface area contributed by atoms with E-state index in [9.17, 15) is 9.35 Å². The third kappa shape index (κ3) is 1.25. The van der Waals surface area contributed by atoms with Crippen LogP contribution in [0.3, 0.4) is 0 Å². The van der Waals surface area contributed by atoms with Crippen molar-refractivity contribution < 1.29 is 14.5 Å². The first kappa shape index (κ1) is 7.84. The van der Waals surface area contributed by atoms with Crippen molar-refractivity contribution in [1.82, 2.24) is 0 Å². The summed E-state index contributed by atoms with van der Waals surface area (Å²) in [4.78, 5) is 10.4. The summed E-state index contributed by atoms with van der Waals surface area (Å²) in [7, 11) is 0. The molecule has 1 aliphatic heterocycles. The molecule has 1 saturated heterocycles. The summed E-state index contributed by atoms with van der Waals surface area (Å²) >= 11 is -1.02. The van der Waals surface area contributed by atoms with Crippen molar-refractivity contribution in [2.45, 2.75) is 12.0 Å². The Balaban J connectivity index is 2.63. The van der Waals surface area contributed by atoms with Crippen molar-refractivity contribution in [2.75, 3.05) is 11.5 Å². The molecule has 5 heteroatoms. The summed E-state index contributed by atoms with van der Waals surface area (Å²) in [6, 6.07) is 0. The first-order chi connectivity index (χ1) is 4.54. The molecule has 10 heavy (non-hydrogen) atoms. The van der Waals surface area contributed by atoms with Crippen molar-refractivity contribution in [1.29, 1.82) is 0 Å². The van der Waals surface area contributed by atoms with Gasteiger partial charge in [0.05, 0.1) is 0 Å². The predicted octanol–water partition coefficient (Wildman–Crippen LogP) is -1.08. The number of aliphatic carboxylic acids is 1. The highest BCUT2D eigenvalue weighted by Gasteiger charge is 2.45. The molecule has 0 radical (unpaired) electrons. The quantitative estimate of drug-likeness (QED) is 0.481. The zero-order chi connectivity index (χ0) is 7.78. The highest BCUT2D eigenvalue weighted by molar-refractivity contribution is 7.91. The molecule has 1 fully saturated rings. The van der Waals surface area contributed by atoms with E-state index in [1.807, 2.05) is 0 Å². The van der Waals surface area contributed by atoms with Gasteiger partial charge in [0.1, 0.15) is 11.5 Å². The van der Waals surface area contributed by atoms with Gasteiger partial charge in [0.2, 0.25) is 0 Å². The number of nitrogens with two attached hydrogens (primary N) is 1. The molecule has 0 bridgehead atoms. The lowest BCUT2D eigenvalue weighted by atomic mass is 10.0. The molecule has 2 atom stereocenters. The van der Waals surface area contributed by atoms with E-state index in [4.69, 9.17) is 10.8 Å². The van der Waals surface area contributed by atoms with Crippen molar-refractivity contribution in [2.24, 2.45) is 5.73 Å². The third-order valence-corrected chi connectivity index (χ3v) is 3.12. The maximum atomic E-state index is 10.7. The highest BCUT2D eigenvalue weighted by atomic mass is 32.2. The minimum atomic E-state index is -1.22. The Hall–Kier alpha value is -0.260. The fourth-order valence-electron chi connectivity index (χ4n) is 0.896. The number of carbonyl (C=O) groups is 1. The molecule has 1 rings (SSSR count). The second-order valence-corrected chi connectivity index (χ2v) is 4.08. The Morgan fingerprint density at radius 2 is 2.40 bits per heavy atom. The van der Waals surface area contributed by atoms with E-state index in [0.29, 0.717) is 12.2 Å². The molecular formula is C5H9NO3S. The van der Waals surface area contributed by atoms with Crippen molar-refractivity contribution in [3.63, 3.8) is 0 Å². The van der Waals surface area contributed by atoms with Gasteiger partial charge in [-0.15, -0.1) is 0 Å². The largest absolute Gasteiger partial charge is 0.616 e. The summed E-state index contributed by atoms with van der Waals surface area (Å²) in [6.45, 7) is 0. The molecule has 0 aliphatic carbocycles. The van der Waals surface area contributed by atoms with E-state index in [0.717, 1.165) is 0 Å². The standard InChI is InChI=1S/C5H9NO3S/c6-5(4(7)8)1-2-10(9)3-5/h1-3,6H2,(H,7,8). The minimum absolute atomic E-state index is 0.0995. The number of carboxylic acids is 1. The Bertz CT molecular complexity index is 163. The number of hydrogen-bond donors (Lipinski definition) is 2. The summed E-state index contributed by atoms with van der Waals surface area (Å²) < 4.78 is 10.7. The molecule has 0 saturated carbocycles. The third-order valence-electron chi connectivity index (χ3n) is 1.62. The van der Waals surface area contributed by atoms with Gasteiger partial charge in [-0.05, 0) is 0 Å². The van der Waals surface area contributed by atoms with Crippen molar-refractivity contribution >= 4 is 17.1 Å². The summed E-state index contributed by atoms with van der Waals surface area (Å²) in [5.41, 5.74) is 4.18. The van der Waals surface area contributed by atoms with E-state index >= 15 is 0 Å². The first-order valence-corrected chi connectivity index (χ1v) is 4.41. The average molecular weight is 163 g/mol. The smallest absolute Gasteiger partial charge is 0.328 e. The normalized spacial score (nSPS) is 40.0. The molecular weight excluding hydrogens is 154 g/mol. The van der Waals surface area contributed by atoms with Gasteiger partial charge in [0.25, 0.3) is 0 Å². The molecule has 2 unspecified atom stereocenters. The van der Waals surface area contributed by atoms with Crippen LogP contribution in [0, 0.1) is 0 Å². The number of carboxylic acid groups (broad SMARTS) is 1. The van der Waals surface area contributed by atoms with E-state index in [1.165, 1.54) is 0 Å². The van der Waals surface area contributed by atoms with Gasteiger partial charge in [0.15, 0.2) is 5.54 Å². The first-order valence-electron chi connectivity index (χ1n) is 2.92. The van der Waals surface area contributed by atoms with Crippen LogP contribution >= 0.6 is 0 Å². The minimum Gasteiger partial charge on any atom is -0.616 e. The highest BCUT2D eigenvalue weighted by Crippen LogP contribution is 2.20. The lowest BCUT2D eigenvalue weighted by molar-refractivity contribution is -0.142. The van der Waals surface area contributed by atoms with Crippen LogP contribution in [0.25, 0.3) is 0 Å². The second-order valence-electron chi connectivity index (χ2n) is 2.50. The monoisotopic (exact) mass is 163 g/mol. The molecule has 0 aromatic carbocycles. The van der Waals surface area contributed by atoms with Crippen LogP contribution < -0.4 is 5.73 Å². The van der Waals surface area contributed by atoms with Crippen LogP contribution in [0.2, 0.25) is 0 Å². The molecule has 4 nitrogen and oxygen atoms in total. The van der Waals surface area contributed by atoms with Gasteiger partial charge >= 0.3 is 5.97 Å². The second kappa shape index (κ2) is 2.41. The van der Waals surface area contributed by atoms with Crippen LogP contribution in [0.5, 0.6) is 0 Å².